The highest BCUT2D eigenvalue weighted by Crippen LogP contribution is 2.37. The maximum absolute atomic E-state index is 14.1. The second kappa shape index (κ2) is 15.2. The lowest BCUT2D eigenvalue weighted by Crippen LogP contribution is -2.48. The maximum atomic E-state index is 14.1. The van der Waals surface area contributed by atoms with Crippen LogP contribution in [-0.2, 0) is 21.4 Å². The number of carbonyl (C=O) groups excluding carboxylic acids is 2. The summed E-state index contributed by atoms with van der Waals surface area (Å²) in [5, 5.41) is 4.01. The summed E-state index contributed by atoms with van der Waals surface area (Å²) in [4.78, 5) is 40.9. The van der Waals surface area contributed by atoms with Crippen molar-refractivity contribution >= 4 is 55.9 Å². The third kappa shape index (κ3) is 7.23. The van der Waals surface area contributed by atoms with E-state index in [1.807, 2.05) is 35.9 Å². The summed E-state index contributed by atoms with van der Waals surface area (Å²) >= 11 is 13.4. The van der Waals surface area contributed by atoms with E-state index in [4.69, 9.17) is 32.9 Å². The Morgan fingerprint density at radius 2 is 1.83 bits per heavy atom. The molecule has 7 rings (SSSR count). The number of imidazole rings is 1. The molecule has 2 fully saturated rings. The van der Waals surface area contributed by atoms with E-state index in [0.717, 1.165) is 29.6 Å². The number of benzene rings is 2. The number of piperidine rings is 1. The number of sulfonamides is 1. The second-order valence-corrected chi connectivity index (χ2v) is 15.6. The van der Waals surface area contributed by atoms with Gasteiger partial charge in [0.2, 0.25) is 15.9 Å². The molecule has 2 aliphatic heterocycles. The minimum absolute atomic E-state index is 0.0611. The minimum Gasteiger partial charge on any atom is -0.487 e. The summed E-state index contributed by atoms with van der Waals surface area (Å²) in [6.45, 7) is 3.47. The fourth-order valence-corrected chi connectivity index (χ4v) is 9.41. The Kier molecular flexibility index (Phi) is 10.5. The van der Waals surface area contributed by atoms with Gasteiger partial charge in [0.25, 0.3) is 5.91 Å². The predicted octanol–water partition coefficient (Wildman–Crippen LogP) is 5.83. The summed E-state index contributed by atoms with van der Waals surface area (Å²) in [5.41, 5.74) is 3.00. The molecule has 2 amide bonds. The van der Waals surface area contributed by atoms with Crippen LogP contribution in [0, 0.1) is 12.8 Å². The quantitative estimate of drug-likeness (QED) is 0.188. The van der Waals surface area contributed by atoms with Gasteiger partial charge in [0.15, 0.2) is 0 Å². The third-order valence-corrected chi connectivity index (χ3v) is 12.5. The van der Waals surface area contributed by atoms with Crippen LogP contribution in [0.2, 0.25) is 10.0 Å². The van der Waals surface area contributed by atoms with E-state index in [9.17, 15) is 18.0 Å². The van der Waals surface area contributed by atoms with Crippen molar-refractivity contribution < 1.29 is 22.7 Å². The molecule has 2 aromatic carbocycles. The first-order valence-corrected chi connectivity index (χ1v) is 19.3. The molecule has 0 unspecified atom stereocenters. The number of nitrogens with one attached hydrogen (secondary N) is 1. The number of rotatable bonds is 10. The molecule has 0 aliphatic carbocycles. The maximum Gasteiger partial charge on any atom is 0.272 e. The van der Waals surface area contributed by atoms with Crippen LogP contribution in [0.1, 0.15) is 47.4 Å². The lowest BCUT2D eigenvalue weighted by molar-refractivity contribution is -0.124. The van der Waals surface area contributed by atoms with Gasteiger partial charge in [-0.3, -0.25) is 14.6 Å². The zero-order valence-electron chi connectivity index (χ0n) is 28.4. The van der Waals surface area contributed by atoms with Crippen LogP contribution in [0.15, 0.2) is 84.4 Å². The molecule has 1 N–H and O–H groups in total. The Morgan fingerprint density at radius 3 is 2.58 bits per heavy atom. The molecule has 270 valence electrons. The Bertz CT molecular complexity index is 2210. The van der Waals surface area contributed by atoms with Gasteiger partial charge >= 0.3 is 0 Å². The van der Waals surface area contributed by atoms with Gasteiger partial charge in [-0.25, -0.2) is 18.4 Å². The number of carbonyl (C=O) groups is 2. The smallest absolute Gasteiger partial charge is 0.272 e. The number of halogens is 2. The van der Waals surface area contributed by atoms with Crippen molar-refractivity contribution in [2.24, 2.45) is 5.92 Å². The van der Waals surface area contributed by atoms with E-state index < -0.39 is 16.1 Å². The zero-order chi connectivity index (χ0) is 36.4. The fraction of sp³-hybridized carbons (Fsp3) is 0.324. The van der Waals surface area contributed by atoms with Crippen molar-refractivity contribution in [1.29, 1.82) is 0 Å². The second-order valence-electron chi connectivity index (χ2n) is 13.0. The molecule has 2 aliphatic rings. The largest absolute Gasteiger partial charge is 0.487 e. The van der Waals surface area contributed by atoms with Gasteiger partial charge in [0.1, 0.15) is 34.5 Å². The predicted molar refractivity (Wildman–Crippen MR) is 197 cm³/mol. The molecule has 5 heterocycles. The zero-order valence-corrected chi connectivity index (χ0v) is 30.7. The molecule has 0 saturated carbocycles. The molecule has 2 saturated heterocycles. The molecule has 1 atom stereocenters. The van der Waals surface area contributed by atoms with Crippen LogP contribution in [0.3, 0.4) is 0 Å². The molecule has 0 spiro atoms. The fourth-order valence-electron chi connectivity index (χ4n) is 6.89. The number of para-hydroxylation sites is 1. The molecule has 0 bridgehead atoms. The Hall–Kier alpha value is -4.56. The number of fused-ring (bicyclic) bond motifs is 1. The summed E-state index contributed by atoms with van der Waals surface area (Å²) in [5.74, 6) is 0.182. The van der Waals surface area contributed by atoms with Crippen molar-refractivity contribution in [3.63, 3.8) is 0 Å². The van der Waals surface area contributed by atoms with Crippen molar-refractivity contribution in [2.45, 2.75) is 50.2 Å². The first kappa shape index (κ1) is 35.8. The van der Waals surface area contributed by atoms with Crippen LogP contribution in [0.25, 0.3) is 16.6 Å². The van der Waals surface area contributed by atoms with E-state index in [2.05, 4.69) is 15.3 Å². The topological polar surface area (TPSA) is 140 Å². The van der Waals surface area contributed by atoms with Crippen molar-refractivity contribution in [3.8, 4) is 11.4 Å². The average Bonchev–Trinajstić information content (AvgIpc) is 3.88. The number of likely N-dealkylation sites (tertiary alicyclic amines) is 1. The summed E-state index contributed by atoms with van der Waals surface area (Å²) in [7, 11) is -4.19. The Morgan fingerprint density at radius 1 is 1.00 bits per heavy atom. The van der Waals surface area contributed by atoms with Gasteiger partial charge in [-0.2, -0.15) is 4.31 Å². The van der Waals surface area contributed by atoms with Gasteiger partial charge in [-0.1, -0.05) is 41.4 Å². The summed E-state index contributed by atoms with van der Waals surface area (Å²) in [6.07, 6.45) is 9.21. The highest BCUT2D eigenvalue weighted by Gasteiger charge is 2.41. The molecular formula is C37H37Cl2N7O5S. The monoisotopic (exact) mass is 761 g/mol. The molecule has 0 radical (unpaired) electrons. The summed E-state index contributed by atoms with van der Waals surface area (Å²) in [6, 6.07) is 14.8. The first-order chi connectivity index (χ1) is 25.1. The average molecular weight is 763 g/mol. The SMILES string of the molecule is Cc1cc(-n2ccnc2)c2cccc(OCc3c(Cl)ccc(S(=O)(=O)N4CCC[C@H]4C(=O)NCC4CCN(C(=O)c5ccccn5)CC4)c3Cl)c2n1. The molecule has 3 aromatic heterocycles. The molecule has 5 aromatic rings. The van der Waals surface area contributed by atoms with Crippen LogP contribution < -0.4 is 10.1 Å². The number of pyridine rings is 2. The van der Waals surface area contributed by atoms with E-state index in [0.29, 0.717) is 55.0 Å². The Balaban J connectivity index is 1.02. The number of hydrogen-bond acceptors (Lipinski definition) is 8. The number of ether oxygens (including phenoxy) is 1. The van der Waals surface area contributed by atoms with Gasteiger partial charge in [0.05, 0.1) is 17.0 Å². The van der Waals surface area contributed by atoms with Crippen LogP contribution in [-0.4, -0.2) is 81.2 Å². The number of hydrogen-bond donors (Lipinski definition) is 1. The highest BCUT2D eigenvalue weighted by molar-refractivity contribution is 7.89. The van der Waals surface area contributed by atoms with Crippen LogP contribution in [0.5, 0.6) is 5.75 Å². The standard InChI is InChI=1S/C37H37Cl2N7O5S/c1-24-20-31(45-19-15-40-23-45)26-6-4-9-32(35(26)43-24)51-22-27-28(38)10-11-33(34(27)39)52(49,50)46-16-5-8-30(46)36(47)42-21-25-12-17-44(18-13-25)37(48)29-7-2-3-14-41-29/h2-4,6-7,9-11,14-15,19-20,23,25,30H,5,8,12-13,16-18,21-22H2,1H3,(H,42,47)/t30-/m0/s1. The lowest BCUT2D eigenvalue weighted by atomic mass is 9.96. The lowest BCUT2D eigenvalue weighted by Gasteiger charge is -2.32. The number of nitrogens with zero attached hydrogens (tertiary/aromatic N) is 6. The van der Waals surface area contributed by atoms with Gasteiger partial charge in [-0.15, -0.1) is 0 Å². The van der Waals surface area contributed by atoms with Crippen molar-refractivity contribution in [1.82, 2.24) is 34.0 Å². The number of aromatic nitrogens is 4. The number of aryl methyl sites for hydroxylation is 1. The minimum atomic E-state index is -4.19. The van der Waals surface area contributed by atoms with Gasteiger partial charge in [-0.05, 0) is 74.9 Å². The van der Waals surface area contributed by atoms with Crippen molar-refractivity contribution in [2.75, 3.05) is 26.2 Å². The Labute approximate surface area is 311 Å². The van der Waals surface area contributed by atoms with Crippen molar-refractivity contribution in [3.05, 3.63) is 107 Å². The van der Waals surface area contributed by atoms with Gasteiger partial charge < -0.3 is 19.5 Å². The van der Waals surface area contributed by atoms with Crippen LogP contribution in [0.4, 0.5) is 0 Å². The van der Waals surface area contributed by atoms with E-state index in [-0.39, 0.29) is 45.8 Å². The van der Waals surface area contributed by atoms with E-state index in [1.165, 1.54) is 16.4 Å². The first-order valence-electron chi connectivity index (χ1n) is 17.1. The molecular weight excluding hydrogens is 725 g/mol. The van der Waals surface area contributed by atoms with E-state index >= 15 is 0 Å². The van der Waals surface area contributed by atoms with Gasteiger partial charge in [0, 0.05) is 66.4 Å². The number of amides is 2. The van der Waals surface area contributed by atoms with E-state index in [1.54, 1.807) is 47.9 Å². The summed E-state index contributed by atoms with van der Waals surface area (Å²) < 4.78 is 37.6. The highest BCUT2D eigenvalue weighted by atomic mass is 35.5. The molecule has 52 heavy (non-hydrogen) atoms. The molecule has 15 heteroatoms. The third-order valence-electron chi connectivity index (χ3n) is 9.66. The van der Waals surface area contributed by atoms with Crippen LogP contribution >= 0.6 is 23.2 Å². The normalized spacial score (nSPS) is 17.1. The molecule has 12 nitrogen and oxygen atoms in total.